The fourth-order valence-electron chi connectivity index (χ4n) is 4.57. The second-order valence-corrected chi connectivity index (χ2v) is 9.34. The molecule has 2 aliphatic rings. The van der Waals surface area contributed by atoms with Crippen molar-refractivity contribution in [3.8, 4) is 0 Å². The quantitative estimate of drug-likeness (QED) is 0.491. The van der Waals surface area contributed by atoms with Crippen LogP contribution in [0.25, 0.3) is 0 Å². The number of carboxylic acid groups (broad SMARTS) is 1. The lowest BCUT2D eigenvalue weighted by Crippen LogP contribution is -2.53. The summed E-state index contributed by atoms with van der Waals surface area (Å²) in [5, 5.41) is 15.4. The van der Waals surface area contributed by atoms with E-state index in [0.29, 0.717) is 24.1 Å². The molecule has 4 rings (SSSR count). The number of Topliss-reactive ketones (excluding diaryl/α,β-unsaturated/α-hetero) is 1. The van der Waals surface area contributed by atoms with Crippen LogP contribution >= 0.6 is 23.2 Å². The summed E-state index contributed by atoms with van der Waals surface area (Å²) in [7, 11) is 0. The predicted octanol–water partition coefficient (Wildman–Crippen LogP) is 4.94. The highest BCUT2D eigenvalue weighted by Crippen LogP contribution is 2.52. The Morgan fingerprint density at radius 1 is 1.09 bits per heavy atom. The Morgan fingerprint density at radius 2 is 1.71 bits per heavy atom. The van der Waals surface area contributed by atoms with Crippen molar-refractivity contribution in [3.05, 3.63) is 69.4 Å². The number of halogens is 3. The average molecular weight is 506 g/mol. The monoisotopic (exact) mass is 505 g/mol. The van der Waals surface area contributed by atoms with E-state index in [-0.39, 0.29) is 27.7 Å². The topological polar surface area (TPSA) is 108 Å². The molecule has 1 amide bonds. The van der Waals surface area contributed by atoms with Crippen LogP contribution in [0.2, 0.25) is 10.0 Å². The molecule has 1 spiro atoms. The number of carbonyl (C=O) groups is 3. The van der Waals surface area contributed by atoms with Gasteiger partial charge in [0, 0.05) is 24.5 Å². The lowest BCUT2D eigenvalue weighted by molar-refractivity contribution is -0.140. The number of nitrogens with zero attached hydrogens (tertiary/aromatic N) is 1. The van der Waals surface area contributed by atoms with Gasteiger partial charge in [-0.3, -0.25) is 14.6 Å². The van der Waals surface area contributed by atoms with Gasteiger partial charge in [-0.1, -0.05) is 54.6 Å². The SMILES string of the molecule is O=C(Nc1ccc(CC(NC2=C(F)C(=O)C23CCCCC3)C(=O)O)cc1)c1c(Cl)cncc1Cl. The summed E-state index contributed by atoms with van der Waals surface area (Å²) in [5.74, 6) is -3.04. The summed E-state index contributed by atoms with van der Waals surface area (Å²) in [6.45, 7) is 0. The number of carboxylic acids is 1. The highest BCUT2D eigenvalue weighted by molar-refractivity contribution is 6.40. The van der Waals surface area contributed by atoms with E-state index in [0.717, 1.165) is 19.3 Å². The van der Waals surface area contributed by atoms with Crippen LogP contribution in [-0.2, 0) is 16.0 Å². The number of nitrogens with one attached hydrogen (secondary N) is 2. The molecule has 0 saturated heterocycles. The molecular weight excluding hydrogens is 484 g/mol. The van der Waals surface area contributed by atoms with Crippen LogP contribution in [0.4, 0.5) is 10.1 Å². The van der Waals surface area contributed by atoms with Crippen molar-refractivity contribution in [2.75, 3.05) is 5.32 Å². The van der Waals surface area contributed by atoms with Gasteiger partial charge in [0.2, 0.25) is 5.78 Å². The first-order chi connectivity index (χ1) is 16.2. The van der Waals surface area contributed by atoms with E-state index >= 15 is 0 Å². The lowest BCUT2D eigenvalue weighted by Gasteiger charge is -2.44. The van der Waals surface area contributed by atoms with Crippen molar-refractivity contribution in [2.24, 2.45) is 5.41 Å². The fraction of sp³-hybridized carbons (Fsp3) is 0.333. The maximum atomic E-state index is 14.4. The molecule has 10 heteroatoms. The van der Waals surface area contributed by atoms with Crippen molar-refractivity contribution in [2.45, 2.75) is 44.6 Å². The van der Waals surface area contributed by atoms with E-state index in [9.17, 15) is 23.9 Å². The number of hydrogen-bond acceptors (Lipinski definition) is 5. The van der Waals surface area contributed by atoms with Crippen LogP contribution < -0.4 is 10.6 Å². The first kappa shape index (κ1) is 24.2. The van der Waals surface area contributed by atoms with E-state index in [4.69, 9.17) is 23.2 Å². The number of aliphatic carboxylic acids is 1. The third-order valence-corrected chi connectivity index (χ3v) is 6.96. The summed E-state index contributed by atoms with van der Waals surface area (Å²) in [5.41, 5.74) is 0.429. The number of carbonyl (C=O) groups excluding carboxylic acids is 2. The Hall–Kier alpha value is -2.97. The highest BCUT2D eigenvalue weighted by Gasteiger charge is 2.55. The number of hydrogen-bond donors (Lipinski definition) is 3. The standard InChI is InChI=1S/C24H22Cl2FN3O4/c25-15-11-28-12-16(26)18(15)22(32)29-14-6-4-13(5-7-14)10-17(23(33)34)30-20-19(27)21(31)24(20)8-2-1-3-9-24/h4-7,11-12,17,30H,1-3,8-10H2,(H,29,32)(H,33,34). The molecule has 178 valence electrons. The van der Waals surface area contributed by atoms with E-state index < -0.39 is 34.9 Å². The van der Waals surface area contributed by atoms with Gasteiger partial charge in [0.05, 0.1) is 26.7 Å². The Kier molecular flexibility index (Phi) is 6.91. The molecule has 34 heavy (non-hydrogen) atoms. The van der Waals surface area contributed by atoms with E-state index in [1.807, 2.05) is 0 Å². The molecule has 0 radical (unpaired) electrons. The molecule has 3 N–H and O–H groups in total. The minimum Gasteiger partial charge on any atom is -0.480 e. The molecule has 1 aromatic heterocycles. The third-order valence-electron chi connectivity index (χ3n) is 6.39. The van der Waals surface area contributed by atoms with Gasteiger partial charge in [0.15, 0.2) is 5.83 Å². The van der Waals surface area contributed by atoms with Gasteiger partial charge < -0.3 is 15.7 Å². The minimum absolute atomic E-state index is 0.0621. The number of benzene rings is 1. The molecule has 0 aliphatic heterocycles. The largest absolute Gasteiger partial charge is 0.480 e. The van der Waals surface area contributed by atoms with Gasteiger partial charge >= 0.3 is 5.97 Å². The van der Waals surface area contributed by atoms with Crippen molar-refractivity contribution in [1.82, 2.24) is 10.3 Å². The predicted molar refractivity (Wildman–Crippen MR) is 126 cm³/mol. The molecule has 1 heterocycles. The van der Waals surface area contributed by atoms with Crippen LogP contribution in [0.1, 0.15) is 48.0 Å². The molecule has 1 aromatic carbocycles. The molecule has 2 aliphatic carbocycles. The number of anilines is 1. The first-order valence-electron chi connectivity index (χ1n) is 10.9. The molecule has 1 fully saturated rings. The lowest BCUT2D eigenvalue weighted by atomic mass is 9.61. The van der Waals surface area contributed by atoms with Crippen LogP contribution in [-0.4, -0.2) is 33.8 Å². The van der Waals surface area contributed by atoms with E-state index in [1.54, 1.807) is 24.3 Å². The van der Waals surface area contributed by atoms with Gasteiger partial charge in [-0.05, 0) is 30.5 Å². The Labute approximate surface area is 205 Å². The van der Waals surface area contributed by atoms with Crippen molar-refractivity contribution in [1.29, 1.82) is 0 Å². The summed E-state index contributed by atoms with van der Waals surface area (Å²) >= 11 is 12.0. The molecule has 1 atom stereocenters. The molecule has 7 nitrogen and oxygen atoms in total. The van der Waals surface area contributed by atoms with Crippen molar-refractivity contribution < 1.29 is 23.9 Å². The molecule has 2 aromatic rings. The van der Waals surface area contributed by atoms with Crippen LogP contribution in [0.3, 0.4) is 0 Å². The first-order valence-corrected chi connectivity index (χ1v) is 11.6. The minimum atomic E-state index is -1.15. The zero-order valence-electron chi connectivity index (χ0n) is 18.0. The third kappa shape index (κ3) is 4.52. The molecule has 1 unspecified atom stereocenters. The maximum absolute atomic E-state index is 14.4. The van der Waals surface area contributed by atoms with Crippen molar-refractivity contribution >= 4 is 46.5 Å². The zero-order chi connectivity index (χ0) is 24.5. The zero-order valence-corrected chi connectivity index (χ0v) is 19.5. The number of allylic oxidation sites excluding steroid dienone is 2. The number of aromatic nitrogens is 1. The Balaban J connectivity index is 1.45. The van der Waals surface area contributed by atoms with E-state index in [1.165, 1.54) is 12.4 Å². The highest BCUT2D eigenvalue weighted by atomic mass is 35.5. The Bertz CT molecular complexity index is 1160. The van der Waals surface area contributed by atoms with Crippen LogP contribution in [0.5, 0.6) is 0 Å². The second-order valence-electron chi connectivity index (χ2n) is 8.53. The van der Waals surface area contributed by atoms with Gasteiger partial charge in [-0.15, -0.1) is 0 Å². The Morgan fingerprint density at radius 3 is 2.29 bits per heavy atom. The van der Waals surface area contributed by atoms with Gasteiger partial charge in [-0.2, -0.15) is 0 Å². The fourth-order valence-corrected chi connectivity index (χ4v) is 5.11. The van der Waals surface area contributed by atoms with Crippen LogP contribution in [0.15, 0.2) is 48.2 Å². The number of amides is 1. The molecule has 1 saturated carbocycles. The molecular formula is C24H22Cl2FN3O4. The van der Waals surface area contributed by atoms with Crippen molar-refractivity contribution in [3.63, 3.8) is 0 Å². The summed E-state index contributed by atoms with van der Waals surface area (Å²) in [6.07, 6.45) is 6.37. The van der Waals surface area contributed by atoms with Gasteiger partial charge in [-0.25, -0.2) is 9.18 Å². The summed E-state index contributed by atoms with van der Waals surface area (Å²) < 4.78 is 14.4. The van der Waals surface area contributed by atoms with E-state index in [2.05, 4.69) is 15.6 Å². The number of ketones is 1. The maximum Gasteiger partial charge on any atom is 0.326 e. The summed E-state index contributed by atoms with van der Waals surface area (Å²) in [4.78, 5) is 40.5. The number of pyridine rings is 1. The van der Waals surface area contributed by atoms with Gasteiger partial charge in [0.1, 0.15) is 6.04 Å². The molecule has 0 bridgehead atoms. The average Bonchev–Trinajstić information content (AvgIpc) is 2.82. The smallest absolute Gasteiger partial charge is 0.326 e. The normalized spacial score (nSPS) is 17.8. The number of rotatable bonds is 7. The van der Waals surface area contributed by atoms with Gasteiger partial charge in [0.25, 0.3) is 5.91 Å². The second kappa shape index (κ2) is 9.72. The van der Waals surface area contributed by atoms with Crippen LogP contribution in [0, 0.1) is 5.41 Å². The summed E-state index contributed by atoms with van der Waals surface area (Å²) in [6, 6.07) is 5.45.